The molecule has 0 unspecified atom stereocenters. The third-order valence-electron chi connectivity index (χ3n) is 2.64. The van der Waals surface area contributed by atoms with Crippen molar-refractivity contribution in [3.63, 3.8) is 0 Å². The number of amides is 1. The van der Waals surface area contributed by atoms with E-state index in [2.05, 4.69) is 10.1 Å². The molecular formula is C13H13Cl2NO5. The van der Waals surface area contributed by atoms with Gasteiger partial charge in [0.1, 0.15) is 6.04 Å². The minimum absolute atomic E-state index is 0.0844. The van der Waals surface area contributed by atoms with Crippen molar-refractivity contribution in [2.45, 2.75) is 18.9 Å². The van der Waals surface area contributed by atoms with E-state index in [9.17, 15) is 14.4 Å². The van der Waals surface area contributed by atoms with E-state index < -0.39 is 23.9 Å². The Kier molecular flexibility index (Phi) is 6.45. The summed E-state index contributed by atoms with van der Waals surface area (Å²) in [6.45, 7) is 0. The summed E-state index contributed by atoms with van der Waals surface area (Å²) in [5.74, 6) is -2.47. The van der Waals surface area contributed by atoms with Crippen molar-refractivity contribution in [1.29, 1.82) is 0 Å². The lowest BCUT2D eigenvalue weighted by molar-refractivity contribution is -0.142. The molecule has 0 heterocycles. The normalized spacial score (nSPS) is 11.6. The number of benzene rings is 1. The minimum Gasteiger partial charge on any atom is -0.480 e. The van der Waals surface area contributed by atoms with Crippen LogP contribution >= 0.6 is 23.2 Å². The summed E-state index contributed by atoms with van der Waals surface area (Å²) < 4.78 is 4.42. The van der Waals surface area contributed by atoms with Gasteiger partial charge in [0, 0.05) is 11.4 Å². The fourth-order valence-electron chi connectivity index (χ4n) is 1.53. The van der Waals surface area contributed by atoms with Crippen LogP contribution in [0.5, 0.6) is 0 Å². The maximum atomic E-state index is 12.0. The van der Waals surface area contributed by atoms with Crippen molar-refractivity contribution in [2.24, 2.45) is 0 Å². The molecule has 1 amide bonds. The number of halogens is 2. The van der Waals surface area contributed by atoms with Crippen LogP contribution in [0.1, 0.15) is 23.2 Å². The molecule has 0 fully saturated rings. The van der Waals surface area contributed by atoms with Gasteiger partial charge >= 0.3 is 11.9 Å². The van der Waals surface area contributed by atoms with E-state index in [4.69, 9.17) is 28.3 Å². The minimum atomic E-state index is -1.25. The summed E-state index contributed by atoms with van der Waals surface area (Å²) >= 11 is 11.6. The quantitative estimate of drug-likeness (QED) is 0.778. The van der Waals surface area contributed by atoms with Crippen molar-refractivity contribution < 1.29 is 24.2 Å². The van der Waals surface area contributed by atoms with Crippen molar-refractivity contribution in [3.8, 4) is 0 Å². The zero-order valence-corrected chi connectivity index (χ0v) is 12.6. The number of hydrogen-bond acceptors (Lipinski definition) is 4. The number of methoxy groups -OCH3 is 1. The number of esters is 1. The Bertz CT molecular complexity index is 561. The average molecular weight is 334 g/mol. The first-order valence-corrected chi connectivity index (χ1v) is 6.66. The zero-order chi connectivity index (χ0) is 16.0. The Hall–Kier alpha value is -1.79. The van der Waals surface area contributed by atoms with Crippen LogP contribution in [0.4, 0.5) is 0 Å². The van der Waals surface area contributed by atoms with E-state index in [1.807, 2.05) is 0 Å². The second-order valence-corrected chi connectivity index (χ2v) is 4.95. The summed E-state index contributed by atoms with van der Waals surface area (Å²) in [4.78, 5) is 34.1. The predicted octanol–water partition coefficient (Wildman–Crippen LogP) is 2.13. The van der Waals surface area contributed by atoms with Gasteiger partial charge in [-0.3, -0.25) is 9.59 Å². The van der Waals surface area contributed by atoms with E-state index in [0.717, 1.165) is 0 Å². The molecule has 0 aliphatic carbocycles. The van der Waals surface area contributed by atoms with Gasteiger partial charge in [-0.2, -0.15) is 0 Å². The van der Waals surface area contributed by atoms with E-state index in [-0.39, 0.29) is 23.4 Å². The van der Waals surface area contributed by atoms with E-state index in [0.29, 0.717) is 5.02 Å². The smallest absolute Gasteiger partial charge is 0.326 e. The first-order valence-electron chi connectivity index (χ1n) is 5.90. The second-order valence-electron chi connectivity index (χ2n) is 4.10. The lowest BCUT2D eigenvalue weighted by Crippen LogP contribution is -2.41. The summed E-state index contributed by atoms with van der Waals surface area (Å²) in [5.41, 5.74) is 0.102. The molecule has 0 bridgehead atoms. The number of rotatable bonds is 6. The maximum Gasteiger partial charge on any atom is 0.326 e. The lowest BCUT2D eigenvalue weighted by atomic mass is 10.1. The number of aliphatic carboxylic acids is 1. The number of carbonyl (C=O) groups is 3. The van der Waals surface area contributed by atoms with Gasteiger partial charge in [-0.15, -0.1) is 0 Å². The molecule has 0 spiro atoms. The number of ether oxygens (including phenoxy) is 1. The Morgan fingerprint density at radius 1 is 1.33 bits per heavy atom. The third kappa shape index (κ3) is 5.24. The van der Waals surface area contributed by atoms with Crippen molar-refractivity contribution >= 4 is 41.0 Å². The average Bonchev–Trinajstić information content (AvgIpc) is 2.42. The van der Waals surface area contributed by atoms with Gasteiger partial charge in [-0.1, -0.05) is 23.2 Å². The molecule has 0 saturated carbocycles. The largest absolute Gasteiger partial charge is 0.480 e. The molecule has 2 N–H and O–H groups in total. The molecule has 114 valence electrons. The second kappa shape index (κ2) is 7.85. The summed E-state index contributed by atoms with van der Waals surface area (Å²) in [6, 6.07) is 3.01. The van der Waals surface area contributed by atoms with Crippen LogP contribution < -0.4 is 5.32 Å². The molecule has 6 nitrogen and oxygen atoms in total. The molecular weight excluding hydrogens is 321 g/mol. The van der Waals surface area contributed by atoms with Gasteiger partial charge < -0.3 is 15.2 Å². The molecule has 1 aromatic carbocycles. The molecule has 0 aliphatic heterocycles. The molecule has 0 saturated heterocycles. The number of carbonyl (C=O) groups excluding carboxylic acids is 2. The van der Waals surface area contributed by atoms with Gasteiger partial charge in [0.25, 0.3) is 5.91 Å². The molecule has 0 aromatic heterocycles. The highest BCUT2D eigenvalue weighted by Gasteiger charge is 2.22. The molecule has 0 aliphatic rings. The van der Waals surface area contributed by atoms with Gasteiger partial charge in [0.15, 0.2) is 0 Å². The fourth-order valence-corrected chi connectivity index (χ4v) is 2.03. The van der Waals surface area contributed by atoms with Crippen LogP contribution in [0.2, 0.25) is 10.0 Å². The van der Waals surface area contributed by atoms with Crippen LogP contribution in [0.3, 0.4) is 0 Å². The van der Waals surface area contributed by atoms with Gasteiger partial charge in [0.2, 0.25) is 0 Å². The Balaban J connectivity index is 2.76. The topological polar surface area (TPSA) is 92.7 Å². The molecule has 1 rings (SSSR count). The Labute approximate surface area is 131 Å². The molecule has 1 aromatic rings. The molecule has 8 heteroatoms. The van der Waals surface area contributed by atoms with Crippen LogP contribution in [0.25, 0.3) is 0 Å². The highest BCUT2D eigenvalue weighted by atomic mass is 35.5. The monoisotopic (exact) mass is 333 g/mol. The molecule has 1 atom stereocenters. The summed E-state index contributed by atoms with van der Waals surface area (Å²) in [5, 5.41) is 11.8. The number of carboxylic acid groups (broad SMARTS) is 1. The van der Waals surface area contributed by atoms with E-state index in [1.165, 1.54) is 25.3 Å². The standard InChI is InChI=1S/C13H13Cl2NO5/c1-21-11(17)5-4-10(13(19)20)16-12(18)8-3-2-7(14)6-9(8)15/h2-3,6,10H,4-5H2,1H3,(H,16,18)(H,19,20)/t10-/m0/s1. The third-order valence-corrected chi connectivity index (χ3v) is 3.19. The molecule has 21 heavy (non-hydrogen) atoms. The van der Waals surface area contributed by atoms with Crippen molar-refractivity contribution in [2.75, 3.05) is 7.11 Å². The van der Waals surface area contributed by atoms with Crippen molar-refractivity contribution in [1.82, 2.24) is 5.32 Å². The number of hydrogen-bond donors (Lipinski definition) is 2. The van der Waals surface area contributed by atoms with Gasteiger partial charge in [-0.25, -0.2) is 4.79 Å². The van der Waals surface area contributed by atoms with Crippen molar-refractivity contribution in [3.05, 3.63) is 33.8 Å². The Morgan fingerprint density at radius 3 is 2.52 bits per heavy atom. The van der Waals surface area contributed by atoms with E-state index >= 15 is 0 Å². The lowest BCUT2D eigenvalue weighted by Gasteiger charge is -2.14. The van der Waals surface area contributed by atoms with Gasteiger partial charge in [0.05, 0.1) is 17.7 Å². The predicted molar refractivity (Wildman–Crippen MR) is 76.6 cm³/mol. The number of nitrogens with one attached hydrogen (secondary N) is 1. The van der Waals surface area contributed by atoms with Crippen LogP contribution in [-0.2, 0) is 14.3 Å². The Morgan fingerprint density at radius 2 is 2.00 bits per heavy atom. The first kappa shape index (κ1) is 17.3. The maximum absolute atomic E-state index is 12.0. The van der Waals surface area contributed by atoms with Gasteiger partial charge in [-0.05, 0) is 24.6 Å². The number of carboxylic acids is 1. The first-order chi connectivity index (χ1) is 9.85. The SMILES string of the molecule is COC(=O)CC[C@H](NC(=O)c1ccc(Cl)cc1Cl)C(=O)O. The fraction of sp³-hybridized carbons (Fsp3) is 0.308. The zero-order valence-electron chi connectivity index (χ0n) is 11.1. The highest BCUT2D eigenvalue weighted by molar-refractivity contribution is 6.36. The van der Waals surface area contributed by atoms with Crippen LogP contribution in [0.15, 0.2) is 18.2 Å². The van der Waals surface area contributed by atoms with Crippen LogP contribution in [-0.4, -0.2) is 36.1 Å². The van der Waals surface area contributed by atoms with E-state index in [1.54, 1.807) is 0 Å². The summed E-state index contributed by atoms with van der Waals surface area (Å²) in [6.07, 6.45) is -0.207. The molecule has 0 radical (unpaired) electrons. The highest BCUT2D eigenvalue weighted by Crippen LogP contribution is 2.21. The summed E-state index contributed by atoms with van der Waals surface area (Å²) in [7, 11) is 1.20. The van der Waals surface area contributed by atoms with Crippen LogP contribution in [0, 0.1) is 0 Å².